The standard InChI is InChI=1S/2C13H24O10.C7H14O6.3CH4/c1-4-6(14)8(16)11(19)13(22-4)21-3-5-7(15)9(17)10(18)12(20-2)23-5;1-4-6(15)8(17)10(19)12(21-4)23-11-9(18)7(16)5(3-14)22-13(11)20-2;1-12-7-6(11)5(10)4(9)3(2-8)13-7;;;/h2*4-19H,3H2,1-2H3;3-11H,2H2,1H3;3*1H4. The van der Waals surface area contributed by atoms with Crippen molar-refractivity contribution in [2.75, 3.05) is 41.2 Å². The summed E-state index contributed by atoms with van der Waals surface area (Å²) in [5, 5.41) is 154. The van der Waals surface area contributed by atoms with Gasteiger partial charge in [0, 0.05) is 21.3 Å². The van der Waals surface area contributed by atoms with Gasteiger partial charge in [0.05, 0.1) is 32.0 Å². The van der Waals surface area contributed by atoms with Crippen LogP contribution in [0, 0.1) is 0 Å². The Bertz CT molecular complexity index is 1160. The zero-order valence-electron chi connectivity index (χ0n) is 32.8. The van der Waals surface area contributed by atoms with Crippen molar-refractivity contribution in [1.29, 1.82) is 0 Å². The van der Waals surface area contributed by atoms with Crippen molar-refractivity contribution in [2.45, 2.75) is 190 Å². The van der Waals surface area contributed by atoms with Gasteiger partial charge in [0.2, 0.25) is 0 Å². The van der Waals surface area contributed by atoms with Gasteiger partial charge in [0.1, 0.15) is 110 Å². The molecule has 25 unspecified atom stereocenters. The van der Waals surface area contributed by atoms with Crippen LogP contribution in [0.25, 0.3) is 0 Å². The van der Waals surface area contributed by atoms with E-state index in [1.165, 1.54) is 35.2 Å². The third kappa shape index (κ3) is 14.2. The van der Waals surface area contributed by atoms with Gasteiger partial charge in [-0.3, -0.25) is 0 Å². The predicted octanol–water partition coefficient (Wildman–Crippen LogP) is -8.09. The van der Waals surface area contributed by atoms with Crippen molar-refractivity contribution in [3.63, 3.8) is 0 Å². The maximum atomic E-state index is 10.1. The zero-order chi connectivity index (χ0) is 44.6. The van der Waals surface area contributed by atoms with E-state index < -0.39 is 167 Å². The quantitative estimate of drug-likeness (QED) is 0.0967. The monoisotopic (exact) mass is 922 g/mol. The lowest BCUT2D eigenvalue weighted by Gasteiger charge is -2.45. The molecular formula is C36H74O26. The Morgan fingerprint density at radius 1 is 0.355 bits per heavy atom. The molecule has 16 N–H and O–H groups in total. The molecule has 0 radical (unpaired) electrons. The lowest BCUT2D eigenvalue weighted by atomic mass is 9.97. The van der Waals surface area contributed by atoms with Crippen LogP contribution in [0.1, 0.15) is 36.1 Å². The fraction of sp³-hybridized carbons (Fsp3) is 1.00. The van der Waals surface area contributed by atoms with E-state index in [4.69, 9.17) is 57.6 Å². The molecule has 0 saturated carbocycles. The van der Waals surface area contributed by atoms with Crippen LogP contribution >= 0.6 is 0 Å². The Balaban J connectivity index is 0.000000913. The van der Waals surface area contributed by atoms with Crippen LogP contribution in [0.15, 0.2) is 0 Å². The molecule has 0 aromatic heterocycles. The summed E-state index contributed by atoms with van der Waals surface area (Å²) in [7, 11) is 3.84. The Labute approximate surface area is 359 Å². The number of aliphatic hydroxyl groups is 16. The first-order valence-electron chi connectivity index (χ1n) is 18.6. The molecule has 0 spiro atoms. The zero-order valence-corrected chi connectivity index (χ0v) is 32.8. The highest BCUT2D eigenvalue weighted by Gasteiger charge is 2.51. The summed E-state index contributed by atoms with van der Waals surface area (Å²) in [5.74, 6) is 0. The van der Waals surface area contributed by atoms with E-state index in [1.807, 2.05) is 0 Å². The lowest BCUT2D eigenvalue weighted by Crippen LogP contribution is -2.64. The first-order valence-corrected chi connectivity index (χ1v) is 18.6. The smallest absolute Gasteiger partial charge is 0.187 e. The summed E-state index contributed by atoms with van der Waals surface area (Å²) < 4.78 is 51.3. The van der Waals surface area contributed by atoms with Crippen LogP contribution in [0.3, 0.4) is 0 Å². The van der Waals surface area contributed by atoms with E-state index >= 15 is 0 Å². The first kappa shape index (κ1) is 61.0. The van der Waals surface area contributed by atoms with Crippen molar-refractivity contribution >= 4 is 0 Å². The molecule has 25 atom stereocenters. The van der Waals surface area contributed by atoms with Crippen LogP contribution in [-0.2, 0) is 47.4 Å². The van der Waals surface area contributed by atoms with Crippen molar-refractivity contribution in [3.05, 3.63) is 0 Å². The van der Waals surface area contributed by atoms with Crippen LogP contribution in [-0.4, -0.2) is 276 Å². The van der Waals surface area contributed by atoms with Gasteiger partial charge in [-0.2, -0.15) is 0 Å². The highest BCUT2D eigenvalue weighted by Crippen LogP contribution is 2.30. The molecule has 5 heterocycles. The molecule has 5 aliphatic rings. The number of aliphatic hydroxyl groups excluding tert-OH is 16. The van der Waals surface area contributed by atoms with Gasteiger partial charge >= 0.3 is 0 Å². The summed E-state index contributed by atoms with van der Waals surface area (Å²) in [4.78, 5) is 0. The molecule has 5 saturated heterocycles. The fourth-order valence-electron chi connectivity index (χ4n) is 6.52. The van der Waals surface area contributed by atoms with Crippen molar-refractivity contribution in [3.8, 4) is 0 Å². The number of rotatable bonds is 10. The molecule has 0 aromatic rings. The summed E-state index contributed by atoms with van der Waals surface area (Å²) in [6.07, 6.45) is -31.6. The van der Waals surface area contributed by atoms with Gasteiger partial charge in [-0.05, 0) is 13.8 Å². The molecule has 0 amide bonds. The Morgan fingerprint density at radius 2 is 0.677 bits per heavy atom. The molecule has 5 rings (SSSR count). The van der Waals surface area contributed by atoms with Gasteiger partial charge in [-0.25, -0.2) is 0 Å². The molecule has 0 bridgehead atoms. The number of hydrogen-bond acceptors (Lipinski definition) is 26. The topological polar surface area (TPSA) is 416 Å². The highest BCUT2D eigenvalue weighted by atomic mass is 16.8. The summed E-state index contributed by atoms with van der Waals surface area (Å²) in [5.41, 5.74) is 0. The second-order valence-electron chi connectivity index (χ2n) is 14.4. The second kappa shape index (κ2) is 27.6. The number of methoxy groups -OCH3 is 3. The predicted molar refractivity (Wildman–Crippen MR) is 205 cm³/mol. The summed E-state index contributed by atoms with van der Waals surface area (Å²) in [6, 6.07) is 0. The third-order valence-corrected chi connectivity index (χ3v) is 10.4. The molecular weight excluding hydrogens is 848 g/mol. The molecule has 0 aromatic carbocycles. The van der Waals surface area contributed by atoms with Crippen LogP contribution < -0.4 is 0 Å². The van der Waals surface area contributed by atoms with Gasteiger partial charge in [0.15, 0.2) is 31.5 Å². The number of ether oxygens (including phenoxy) is 10. The normalized spacial score (nSPS) is 48.0. The third-order valence-electron chi connectivity index (χ3n) is 10.4. The van der Waals surface area contributed by atoms with E-state index in [9.17, 15) is 71.5 Å². The molecule has 26 nitrogen and oxygen atoms in total. The van der Waals surface area contributed by atoms with E-state index in [-0.39, 0.29) is 28.9 Å². The Hall–Kier alpha value is -1.04. The molecule has 5 fully saturated rings. The molecule has 0 aliphatic carbocycles. The molecule has 374 valence electrons. The van der Waals surface area contributed by atoms with Crippen LogP contribution in [0.2, 0.25) is 0 Å². The largest absolute Gasteiger partial charge is 0.394 e. The molecule has 62 heavy (non-hydrogen) atoms. The van der Waals surface area contributed by atoms with Crippen molar-refractivity contribution in [2.24, 2.45) is 0 Å². The minimum Gasteiger partial charge on any atom is -0.394 e. The van der Waals surface area contributed by atoms with E-state index in [2.05, 4.69) is 0 Å². The molecule has 26 heteroatoms. The first-order chi connectivity index (χ1) is 27.7. The number of hydrogen-bond donors (Lipinski definition) is 16. The maximum Gasteiger partial charge on any atom is 0.187 e. The Kier molecular flexibility index (Phi) is 27.1. The minimum atomic E-state index is -1.57. The van der Waals surface area contributed by atoms with Gasteiger partial charge in [-0.15, -0.1) is 0 Å². The maximum absolute atomic E-state index is 10.1. The lowest BCUT2D eigenvalue weighted by molar-refractivity contribution is -0.361. The van der Waals surface area contributed by atoms with Gasteiger partial charge in [-0.1, -0.05) is 22.3 Å². The van der Waals surface area contributed by atoms with Crippen molar-refractivity contribution in [1.82, 2.24) is 0 Å². The van der Waals surface area contributed by atoms with Crippen LogP contribution in [0.4, 0.5) is 0 Å². The van der Waals surface area contributed by atoms with E-state index in [1.54, 1.807) is 0 Å². The second-order valence-corrected chi connectivity index (χ2v) is 14.4. The Morgan fingerprint density at radius 3 is 1.10 bits per heavy atom. The minimum absolute atomic E-state index is 0. The summed E-state index contributed by atoms with van der Waals surface area (Å²) >= 11 is 0. The average Bonchev–Trinajstić information content (AvgIpc) is 3.23. The molecule has 5 aliphatic heterocycles. The summed E-state index contributed by atoms with van der Waals surface area (Å²) in [6.45, 7) is 1.71. The van der Waals surface area contributed by atoms with Crippen molar-refractivity contribution < 1.29 is 129 Å². The SMILES string of the molecule is C.C.C.COC1OC(CO)C(O)C(O)C1O.COC1OC(CO)C(O)C(O)C1OC1OC(C)C(O)C(O)C1O.COC1OC(COC2OC(C)C(O)C(O)C2O)C(O)C(O)C1O. The fourth-order valence-corrected chi connectivity index (χ4v) is 6.52. The van der Waals surface area contributed by atoms with Gasteiger partial charge in [0.25, 0.3) is 0 Å². The van der Waals surface area contributed by atoms with E-state index in [0.29, 0.717) is 0 Å². The highest BCUT2D eigenvalue weighted by molar-refractivity contribution is 4.94. The average molecular weight is 923 g/mol. The van der Waals surface area contributed by atoms with Gasteiger partial charge < -0.3 is 129 Å². The van der Waals surface area contributed by atoms with E-state index in [0.717, 1.165) is 0 Å². The van der Waals surface area contributed by atoms with Crippen LogP contribution in [0.5, 0.6) is 0 Å².